The third-order valence-corrected chi connectivity index (χ3v) is 4.41. The van der Waals surface area contributed by atoms with Crippen molar-refractivity contribution in [3.63, 3.8) is 0 Å². The number of fused-ring (bicyclic) bond motifs is 1. The lowest BCUT2D eigenvalue weighted by atomic mass is 10.2. The molecule has 2 aromatic rings. The molecule has 1 unspecified atom stereocenters. The Morgan fingerprint density at radius 3 is 2.60 bits per heavy atom. The van der Waals surface area contributed by atoms with E-state index in [9.17, 15) is 18.1 Å². The monoisotopic (exact) mass is 302 g/mol. The maximum Gasteiger partial charge on any atom is 0.326 e. The van der Waals surface area contributed by atoms with E-state index in [-0.39, 0.29) is 0 Å². The predicted octanol–water partition coefficient (Wildman–Crippen LogP) is 1.97. The van der Waals surface area contributed by atoms with Gasteiger partial charge in [0.25, 0.3) is 12.9 Å². The molecule has 0 aliphatic heterocycles. The van der Waals surface area contributed by atoms with E-state index < -0.39 is 30.7 Å². The van der Waals surface area contributed by atoms with Gasteiger partial charge in [0.2, 0.25) is 0 Å². The van der Waals surface area contributed by atoms with Crippen molar-refractivity contribution in [3.05, 3.63) is 40.3 Å². The predicted molar refractivity (Wildman–Crippen MR) is 71.4 cm³/mol. The smallest absolute Gasteiger partial charge is 0.326 e. The number of para-hydroxylation sites is 2. The Morgan fingerprint density at radius 2 is 2.00 bits per heavy atom. The minimum absolute atomic E-state index is 0.379. The van der Waals surface area contributed by atoms with Gasteiger partial charge < -0.3 is 9.46 Å². The van der Waals surface area contributed by atoms with Crippen LogP contribution < -0.4 is 5.56 Å². The van der Waals surface area contributed by atoms with Gasteiger partial charge in [-0.1, -0.05) is 12.1 Å². The van der Waals surface area contributed by atoms with Crippen molar-refractivity contribution in [3.8, 4) is 0 Å². The molecule has 1 heterocycles. The summed E-state index contributed by atoms with van der Waals surface area (Å²) in [5.74, 6) is 0. The van der Waals surface area contributed by atoms with Crippen LogP contribution in [0.1, 0.15) is 5.69 Å². The fourth-order valence-corrected chi connectivity index (χ4v) is 2.24. The number of rotatable bonds is 3. The molecule has 0 radical (unpaired) electrons. The van der Waals surface area contributed by atoms with Crippen LogP contribution in [0.5, 0.6) is 0 Å². The molecule has 0 saturated heterocycles. The Kier molecular flexibility index (Phi) is 3.52. The van der Waals surface area contributed by atoms with E-state index in [1.54, 1.807) is 24.3 Å². The number of hydrogen-bond acceptors (Lipinski definition) is 3. The van der Waals surface area contributed by atoms with Crippen molar-refractivity contribution in [2.45, 2.75) is 12.1 Å². The van der Waals surface area contributed by atoms with Gasteiger partial charge in [0.05, 0.1) is 17.5 Å². The zero-order valence-corrected chi connectivity index (χ0v) is 11.8. The third-order valence-electron chi connectivity index (χ3n) is 3.04. The standard InChI is InChI=1S/C12H13F2N2O3P/c1-16-10-6-4-3-5-8(10)15-9(11(16)17)7-12(13,14)20(2,18)19/h3-6H,7H2,1-2H3,(H,18,19). The third kappa shape index (κ3) is 2.51. The van der Waals surface area contributed by atoms with E-state index in [0.717, 1.165) is 0 Å². The molecule has 0 fully saturated rings. The Hall–Kier alpha value is -1.59. The van der Waals surface area contributed by atoms with E-state index in [0.29, 0.717) is 17.7 Å². The second kappa shape index (κ2) is 4.75. The zero-order valence-electron chi connectivity index (χ0n) is 10.9. The lowest BCUT2D eigenvalue weighted by Crippen LogP contribution is -2.29. The SMILES string of the molecule is Cn1c(=O)c(CC(F)(F)P(C)(=O)O)nc2ccccc21. The van der Waals surface area contributed by atoms with Crippen molar-refractivity contribution in [1.29, 1.82) is 0 Å². The number of aryl methyl sites for hydroxylation is 1. The summed E-state index contributed by atoms with van der Waals surface area (Å²) in [6.07, 6.45) is -1.16. The molecule has 0 aliphatic rings. The largest absolute Gasteiger partial charge is 0.340 e. The van der Waals surface area contributed by atoms with Gasteiger partial charge in [-0.25, -0.2) is 4.98 Å². The van der Waals surface area contributed by atoms with Crippen LogP contribution in [0, 0.1) is 0 Å². The summed E-state index contributed by atoms with van der Waals surface area (Å²) in [4.78, 5) is 24.9. The highest BCUT2D eigenvalue weighted by Gasteiger charge is 2.46. The van der Waals surface area contributed by atoms with Crippen LogP contribution in [0.3, 0.4) is 0 Å². The summed E-state index contributed by atoms with van der Waals surface area (Å²) >= 11 is 0. The first-order valence-corrected chi connectivity index (χ1v) is 7.87. The van der Waals surface area contributed by atoms with Crippen LogP contribution in [0.15, 0.2) is 29.1 Å². The maximum absolute atomic E-state index is 13.6. The minimum atomic E-state index is -4.65. The van der Waals surface area contributed by atoms with Crippen LogP contribution >= 0.6 is 7.37 Å². The Bertz CT molecular complexity index is 767. The Morgan fingerprint density at radius 1 is 1.40 bits per heavy atom. The summed E-state index contributed by atoms with van der Waals surface area (Å²) < 4.78 is 39.6. The van der Waals surface area contributed by atoms with Crippen LogP contribution in [-0.4, -0.2) is 26.8 Å². The van der Waals surface area contributed by atoms with Gasteiger partial charge in [0.15, 0.2) is 0 Å². The highest BCUT2D eigenvalue weighted by molar-refractivity contribution is 7.58. The van der Waals surface area contributed by atoms with Gasteiger partial charge in [-0.05, 0) is 12.1 Å². The average Bonchev–Trinajstić information content (AvgIpc) is 2.34. The number of alkyl halides is 2. The van der Waals surface area contributed by atoms with Gasteiger partial charge in [0.1, 0.15) is 5.69 Å². The van der Waals surface area contributed by atoms with Crippen molar-refractivity contribution < 1.29 is 18.2 Å². The molecule has 0 amide bonds. The summed E-state index contributed by atoms with van der Waals surface area (Å²) in [6, 6.07) is 6.59. The van der Waals surface area contributed by atoms with Crippen LogP contribution in [0.4, 0.5) is 8.78 Å². The van der Waals surface area contributed by atoms with Gasteiger partial charge >= 0.3 is 5.66 Å². The number of halogens is 2. The number of benzene rings is 1. The molecule has 0 spiro atoms. The molecular formula is C12H13F2N2O3P. The maximum atomic E-state index is 13.6. The fourth-order valence-electron chi connectivity index (χ4n) is 1.80. The molecule has 1 N–H and O–H groups in total. The van der Waals surface area contributed by atoms with Crippen LogP contribution in [0.25, 0.3) is 11.0 Å². The molecule has 20 heavy (non-hydrogen) atoms. The van der Waals surface area contributed by atoms with E-state index in [1.807, 2.05) is 0 Å². The minimum Gasteiger partial charge on any atom is -0.340 e. The van der Waals surface area contributed by atoms with Gasteiger partial charge in [-0.3, -0.25) is 9.36 Å². The second-order valence-electron chi connectivity index (χ2n) is 4.63. The first-order valence-electron chi connectivity index (χ1n) is 5.76. The normalized spacial score (nSPS) is 15.2. The van der Waals surface area contributed by atoms with E-state index in [2.05, 4.69) is 4.98 Å². The van der Waals surface area contributed by atoms with Crippen molar-refractivity contribution in [2.24, 2.45) is 7.05 Å². The molecule has 1 atom stereocenters. The molecule has 1 aromatic heterocycles. The van der Waals surface area contributed by atoms with E-state index in [4.69, 9.17) is 4.89 Å². The van der Waals surface area contributed by atoms with Crippen LogP contribution in [0.2, 0.25) is 0 Å². The molecule has 0 aliphatic carbocycles. The van der Waals surface area contributed by atoms with Gasteiger partial charge in [0, 0.05) is 13.7 Å². The molecule has 0 bridgehead atoms. The lowest BCUT2D eigenvalue weighted by Gasteiger charge is -2.19. The Labute approximate surface area is 113 Å². The highest BCUT2D eigenvalue weighted by atomic mass is 31.2. The topological polar surface area (TPSA) is 72.2 Å². The van der Waals surface area contributed by atoms with Crippen molar-refractivity contribution >= 4 is 18.4 Å². The number of hydrogen-bond donors (Lipinski definition) is 1. The number of nitrogens with zero attached hydrogens (tertiary/aromatic N) is 2. The summed E-state index contributed by atoms with van der Waals surface area (Å²) in [5.41, 5.74) is -4.11. The first-order chi connectivity index (χ1) is 9.13. The lowest BCUT2D eigenvalue weighted by molar-refractivity contribution is 0.0767. The van der Waals surface area contributed by atoms with E-state index in [1.165, 1.54) is 11.6 Å². The molecule has 0 saturated carbocycles. The molecule has 1 aromatic carbocycles. The zero-order chi connectivity index (χ0) is 15.1. The first kappa shape index (κ1) is 14.8. The molecule has 5 nitrogen and oxygen atoms in total. The summed E-state index contributed by atoms with van der Waals surface area (Å²) in [5, 5.41) is 0. The van der Waals surface area contributed by atoms with Crippen molar-refractivity contribution in [1.82, 2.24) is 9.55 Å². The average molecular weight is 302 g/mol. The second-order valence-corrected chi connectivity index (χ2v) is 7.05. The summed E-state index contributed by atoms with van der Waals surface area (Å²) in [6.45, 7) is 0.568. The quantitative estimate of drug-likeness (QED) is 0.880. The Balaban J connectivity index is 2.60. The molecule has 108 valence electrons. The van der Waals surface area contributed by atoms with Crippen LogP contribution in [-0.2, 0) is 18.0 Å². The molecule has 2 rings (SSSR count). The summed E-state index contributed by atoms with van der Waals surface area (Å²) in [7, 11) is -3.21. The van der Waals surface area contributed by atoms with E-state index >= 15 is 0 Å². The number of aromatic nitrogens is 2. The molecule has 8 heteroatoms. The fraction of sp³-hybridized carbons (Fsp3) is 0.333. The van der Waals surface area contributed by atoms with Gasteiger partial charge in [-0.2, -0.15) is 8.78 Å². The van der Waals surface area contributed by atoms with Crippen molar-refractivity contribution in [2.75, 3.05) is 6.66 Å². The van der Waals surface area contributed by atoms with Gasteiger partial charge in [-0.15, -0.1) is 0 Å². The molecular weight excluding hydrogens is 289 g/mol. The highest BCUT2D eigenvalue weighted by Crippen LogP contribution is 2.54.